The van der Waals surface area contributed by atoms with E-state index in [2.05, 4.69) is 14.8 Å². The van der Waals surface area contributed by atoms with Gasteiger partial charge < -0.3 is 14.7 Å². The molecule has 7 heteroatoms. The molecule has 154 valence electrons. The van der Waals surface area contributed by atoms with Gasteiger partial charge >= 0.3 is 0 Å². The largest absolute Gasteiger partial charge is 0.371 e. The Morgan fingerprint density at radius 2 is 1.72 bits per heavy atom. The Balaban J connectivity index is 1.41. The Morgan fingerprint density at radius 3 is 2.38 bits per heavy atom. The minimum absolute atomic E-state index is 0.0185. The van der Waals surface area contributed by atoms with Crippen LogP contribution in [0.2, 0.25) is 5.15 Å². The Bertz CT molecular complexity index is 862. The van der Waals surface area contributed by atoms with E-state index in [-0.39, 0.29) is 17.8 Å². The average Bonchev–Trinajstić information content (AvgIpc) is 3.28. The van der Waals surface area contributed by atoms with Crippen molar-refractivity contribution in [3.05, 3.63) is 52.9 Å². The molecule has 0 saturated carbocycles. The molecule has 0 radical (unpaired) electrons. The number of benzene rings is 1. The molecule has 0 N–H and O–H groups in total. The number of hydrogen-bond donors (Lipinski definition) is 0. The lowest BCUT2D eigenvalue weighted by molar-refractivity contribution is 0.0709. The number of aromatic nitrogens is 1. The SMILES string of the molecule is CN(C(=O)c1cc(Cl)nc(N2CCCC2)c1)C1CCN(c2ccc(F)cc2)CC1. The van der Waals surface area contributed by atoms with Gasteiger partial charge in [-0.25, -0.2) is 9.37 Å². The summed E-state index contributed by atoms with van der Waals surface area (Å²) in [4.78, 5) is 23.8. The van der Waals surface area contributed by atoms with Crippen LogP contribution in [0.15, 0.2) is 36.4 Å². The molecule has 0 unspecified atom stereocenters. The maximum atomic E-state index is 13.1. The molecule has 0 aliphatic carbocycles. The summed E-state index contributed by atoms with van der Waals surface area (Å²) >= 11 is 6.22. The third kappa shape index (κ3) is 4.47. The van der Waals surface area contributed by atoms with Crippen molar-refractivity contribution >= 4 is 29.0 Å². The van der Waals surface area contributed by atoms with E-state index in [9.17, 15) is 9.18 Å². The normalized spacial score (nSPS) is 17.6. The third-order valence-electron chi connectivity index (χ3n) is 5.98. The van der Waals surface area contributed by atoms with Crippen LogP contribution in [0.5, 0.6) is 0 Å². The molecule has 4 rings (SSSR count). The first-order chi connectivity index (χ1) is 14.0. The van der Waals surface area contributed by atoms with Gasteiger partial charge in [0, 0.05) is 50.5 Å². The maximum Gasteiger partial charge on any atom is 0.254 e. The summed E-state index contributed by atoms with van der Waals surface area (Å²) < 4.78 is 13.1. The predicted octanol–water partition coefficient (Wildman–Crippen LogP) is 4.22. The molecule has 0 spiro atoms. The Hall–Kier alpha value is -2.34. The van der Waals surface area contributed by atoms with Gasteiger partial charge in [0.2, 0.25) is 0 Å². The number of rotatable bonds is 4. The summed E-state index contributed by atoms with van der Waals surface area (Å²) in [6, 6.07) is 10.3. The molecule has 1 aromatic carbocycles. The number of anilines is 2. The van der Waals surface area contributed by atoms with Gasteiger partial charge in [0.25, 0.3) is 5.91 Å². The van der Waals surface area contributed by atoms with E-state index >= 15 is 0 Å². The fourth-order valence-electron chi connectivity index (χ4n) is 4.25. The fourth-order valence-corrected chi connectivity index (χ4v) is 4.45. The lowest BCUT2D eigenvalue weighted by atomic mass is 10.0. The molecule has 2 aliphatic rings. The Morgan fingerprint density at radius 1 is 1.07 bits per heavy atom. The number of halogens is 2. The van der Waals surface area contributed by atoms with Gasteiger partial charge in [-0.1, -0.05) is 11.6 Å². The van der Waals surface area contributed by atoms with E-state index in [0.717, 1.165) is 63.4 Å². The molecule has 2 aliphatic heterocycles. The number of piperidine rings is 1. The van der Waals surface area contributed by atoms with Crippen molar-refractivity contribution in [3.63, 3.8) is 0 Å². The molecule has 2 aromatic rings. The standard InChI is InChI=1S/C22H26ClFN4O/c1-26(18-8-12-27(13-9-18)19-6-4-17(24)5-7-19)22(29)16-14-20(23)25-21(15-16)28-10-2-3-11-28/h4-7,14-15,18H,2-3,8-13H2,1H3. The molecule has 2 saturated heterocycles. The number of amides is 1. The van der Waals surface area contributed by atoms with Gasteiger partial charge in [-0.3, -0.25) is 4.79 Å². The minimum atomic E-state index is -0.224. The van der Waals surface area contributed by atoms with E-state index in [1.807, 2.05) is 30.1 Å². The topological polar surface area (TPSA) is 39.7 Å². The lowest BCUT2D eigenvalue weighted by Crippen LogP contribution is -2.45. The highest BCUT2D eigenvalue weighted by Crippen LogP contribution is 2.26. The number of nitrogens with zero attached hydrogens (tertiary/aromatic N) is 4. The van der Waals surface area contributed by atoms with Crippen LogP contribution in [0, 0.1) is 5.82 Å². The van der Waals surface area contributed by atoms with Crippen molar-refractivity contribution in [3.8, 4) is 0 Å². The molecule has 2 fully saturated rings. The average molecular weight is 417 g/mol. The quantitative estimate of drug-likeness (QED) is 0.700. The molecule has 0 atom stereocenters. The highest BCUT2D eigenvalue weighted by Gasteiger charge is 2.27. The van der Waals surface area contributed by atoms with Crippen molar-refractivity contribution < 1.29 is 9.18 Å². The summed E-state index contributed by atoms with van der Waals surface area (Å²) in [6.45, 7) is 3.59. The van der Waals surface area contributed by atoms with Gasteiger partial charge in [-0.05, 0) is 62.1 Å². The summed E-state index contributed by atoms with van der Waals surface area (Å²) in [5, 5.41) is 0.359. The van der Waals surface area contributed by atoms with Crippen molar-refractivity contribution in [2.24, 2.45) is 0 Å². The van der Waals surface area contributed by atoms with Crippen molar-refractivity contribution in [1.29, 1.82) is 0 Å². The summed E-state index contributed by atoms with van der Waals surface area (Å²) in [7, 11) is 1.87. The van der Waals surface area contributed by atoms with Crippen molar-refractivity contribution in [1.82, 2.24) is 9.88 Å². The van der Waals surface area contributed by atoms with E-state index in [1.54, 1.807) is 6.07 Å². The van der Waals surface area contributed by atoms with Gasteiger partial charge in [-0.15, -0.1) is 0 Å². The number of carbonyl (C=O) groups excluding carboxylic acids is 1. The second kappa shape index (κ2) is 8.57. The van der Waals surface area contributed by atoms with Gasteiger partial charge in [0.1, 0.15) is 16.8 Å². The van der Waals surface area contributed by atoms with Crippen LogP contribution < -0.4 is 9.80 Å². The summed E-state index contributed by atoms with van der Waals surface area (Å²) in [5.74, 6) is 0.547. The molecule has 1 aromatic heterocycles. The predicted molar refractivity (Wildman–Crippen MR) is 114 cm³/mol. The Kier molecular flexibility index (Phi) is 5.90. The smallest absolute Gasteiger partial charge is 0.254 e. The molecule has 1 amide bonds. The molecule has 29 heavy (non-hydrogen) atoms. The van der Waals surface area contributed by atoms with Crippen LogP contribution in [0.3, 0.4) is 0 Å². The maximum absolute atomic E-state index is 13.1. The minimum Gasteiger partial charge on any atom is -0.371 e. The first kappa shape index (κ1) is 20.0. The highest BCUT2D eigenvalue weighted by molar-refractivity contribution is 6.29. The monoisotopic (exact) mass is 416 g/mol. The zero-order valence-electron chi connectivity index (χ0n) is 16.7. The number of hydrogen-bond acceptors (Lipinski definition) is 4. The number of pyridine rings is 1. The zero-order chi connectivity index (χ0) is 20.4. The van der Waals surface area contributed by atoms with Gasteiger partial charge in [0.05, 0.1) is 0 Å². The zero-order valence-corrected chi connectivity index (χ0v) is 17.4. The second-order valence-electron chi connectivity index (χ2n) is 7.84. The first-order valence-corrected chi connectivity index (χ1v) is 10.6. The van der Waals surface area contributed by atoms with Crippen LogP contribution >= 0.6 is 11.6 Å². The van der Waals surface area contributed by atoms with Crippen molar-refractivity contribution in [2.75, 3.05) is 43.0 Å². The fraction of sp³-hybridized carbons (Fsp3) is 0.455. The van der Waals surface area contributed by atoms with Gasteiger partial charge in [0.15, 0.2) is 0 Å². The lowest BCUT2D eigenvalue weighted by Gasteiger charge is -2.38. The van der Waals surface area contributed by atoms with Gasteiger partial charge in [-0.2, -0.15) is 0 Å². The number of carbonyl (C=O) groups is 1. The van der Waals surface area contributed by atoms with E-state index < -0.39 is 0 Å². The Labute approximate surface area is 176 Å². The first-order valence-electron chi connectivity index (χ1n) is 10.2. The van der Waals surface area contributed by atoms with Crippen LogP contribution in [0.1, 0.15) is 36.0 Å². The third-order valence-corrected chi connectivity index (χ3v) is 6.18. The molecular formula is C22H26ClFN4O. The van der Waals surface area contributed by atoms with E-state index in [4.69, 9.17) is 11.6 Å². The van der Waals surface area contributed by atoms with Crippen LogP contribution in [0.25, 0.3) is 0 Å². The van der Waals surface area contributed by atoms with Crippen LogP contribution in [-0.4, -0.2) is 55.1 Å². The van der Waals surface area contributed by atoms with E-state index in [1.165, 1.54) is 12.1 Å². The van der Waals surface area contributed by atoms with Crippen LogP contribution in [0.4, 0.5) is 15.9 Å². The summed E-state index contributed by atoms with van der Waals surface area (Å²) in [6.07, 6.45) is 4.03. The molecular weight excluding hydrogens is 391 g/mol. The molecule has 5 nitrogen and oxygen atoms in total. The van der Waals surface area contributed by atoms with Crippen molar-refractivity contribution in [2.45, 2.75) is 31.7 Å². The molecule has 3 heterocycles. The highest BCUT2D eigenvalue weighted by atomic mass is 35.5. The summed E-state index contributed by atoms with van der Waals surface area (Å²) in [5.41, 5.74) is 1.62. The molecule has 0 bridgehead atoms. The van der Waals surface area contributed by atoms with Crippen LogP contribution in [-0.2, 0) is 0 Å². The second-order valence-corrected chi connectivity index (χ2v) is 8.23. The van der Waals surface area contributed by atoms with E-state index in [0.29, 0.717) is 10.7 Å².